The fourth-order valence-corrected chi connectivity index (χ4v) is 3.22. The largest absolute Gasteiger partial charge is 0.392 e. The van der Waals surface area contributed by atoms with Crippen molar-refractivity contribution in [3.05, 3.63) is 35.4 Å². The van der Waals surface area contributed by atoms with E-state index in [2.05, 4.69) is 6.92 Å². The van der Waals surface area contributed by atoms with Gasteiger partial charge in [-0.15, -0.1) is 0 Å². The van der Waals surface area contributed by atoms with Gasteiger partial charge in [-0.2, -0.15) is 0 Å². The van der Waals surface area contributed by atoms with E-state index in [1.807, 2.05) is 0 Å². The van der Waals surface area contributed by atoms with E-state index < -0.39 is 23.7 Å². The minimum atomic E-state index is -0.631. The van der Waals surface area contributed by atoms with Gasteiger partial charge in [0, 0.05) is 18.5 Å². The van der Waals surface area contributed by atoms with Crippen molar-refractivity contribution in [2.45, 2.75) is 44.6 Å². The molecule has 0 aliphatic heterocycles. The highest BCUT2D eigenvalue weighted by Gasteiger charge is 2.31. The minimum absolute atomic E-state index is 0.172. The lowest BCUT2D eigenvalue weighted by Gasteiger charge is -2.34. The van der Waals surface area contributed by atoms with Crippen molar-refractivity contribution in [3.8, 4) is 0 Å². The summed E-state index contributed by atoms with van der Waals surface area (Å²) in [5, 5.41) is 10.5. The van der Waals surface area contributed by atoms with Crippen molar-refractivity contribution in [1.82, 2.24) is 0 Å². The normalized spacial score (nSPS) is 26.2. The van der Waals surface area contributed by atoms with Crippen LogP contribution in [0.1, 0.15) is 44.1 Å². The van der Waals surface area contributed by atoms with Gasteiger partial charge in [0.25, 0.3) is 0 Å². The molecule has 0 aromatic heterocycles. The van der Waals surface area contributed by atoms with Crippen molar-refractivity contribution in [2.24, 2.45) is 17.6 Å². The summed E-state index contributed by atoms with van der Waals surface area (Å²) in [7, 11) is 0. The van der Waals surface area contributed by atoms with Crippen molar-refractivity contribution in [2.75, 3.05) is 6.54 Å². The molecule has 0 bridgehead atoms. The van der Waals surface area contributed by atoms with Crippen LogP contribution in [-0.2, 0) is 0 Å². The molecule has 2 nitrogen and oxygen atoms in total. The Bertz CT molecular complexity index is 424. The predicted molar refractivity (Wildman–Crippen MR) is 75.3 cm³/mol. The smallest absolute Gasteiger partial charge is 0.126 e. The quantitative estimate of drug-likeness (QED) is 0.891. The van der Waals surface area contributed by atoms with Crippen LogP contribution in [0.5, 0.6) is 0 Å². The number of benzene rings is 1. The van der Waals surface area contributed by atoms with Crippen LogP contribution in [-0.4, -0.2) is 17.8 Å². The molecule has 0 radical (unpaired) electrons. The van der Waals surface area contributed by atoms with Crippen molar-refractivity contribution >= 4 is 0 Å². The lowest BCUT2D eigenvalue weighted by molar-refractivity contribution is 0.0547. The third-order valence-corrected chi connectivity index (χ3v) is 4.52. The van der Waals surface area contributed by atoms with E-state index in [4.69, 9.17) is 5.73 Å². The van der Waals surface area contributed by atoms with Crippen LogP contribution in [0.3, 0.4) is 0 Å². The second kappa shape index (κ2) is 6.64. The maximum absolute atomic E-state index is 13.3. The number of rotatable bonds is 4. The van der Waals surface area contributed by atoms with Crippen molar-refractivity contribution in [1.29, 1.82) is 0 Å². The second-order valence-corrected chi connectivity index (χ2v) is 6.06. The van der Waals surface area contributed by atoms with Gasteiger partial charge < -0.3 is 10.8 Å². The first-order valence-corrected chi connectivity index (χ1v) is 7.35. The molecule has 0 saturated heterocycles. The van der Waals surface area contributed by atoms with Gasteiger partial charge in [0.05, 0.1) is 6.10 Å². The zero-order valence-electron chi connectivity index (χ0n) is 11.9. The first kappa shape index (κ1) is 15.4. The lowest BCUT2D eigenvalue weighted by Crippen LogP contribution is -2.34. The van der Waals surface area contributed by atoms with Crippen LogP contribution < -0.4 is 5.73 Å². The molecule has 2 atom stereocenters. The Morgan fingerprint density at radius 2 is 1.70 bits per heavy atom. The molecule has 112 valence electrons. The zero-order chi connectivity index (χ0) is 14.7. The Hall–Kier alpha value is -1.00. The molecule has 2 rings (SSSR count). The predicted octanol–water partition coefficient (Wildman–Crippen LogP) is 3.19. The molecule has 3 N–H and O–H groups in total. The summed E-state index contributed by atoms with van der Waals surface area (Å²) in [6, 6.07) is 3.39. The van der Waals surface area contributed by atoms with Crippen LogP contribution in [0.2, 0.25) is 0 Å². The Morgan fingerprint density at radius 3 is 2.20 bits per heavy atom. The zero-order valence-corrected chi connectivity index (χ0v) is 11.9. The topological polar surface area (TPSA) is 46.2 Å². The first-order chi connectivity index (χ1) is 9.51. The van der Waals surface area contributed by atoms with E-state index in [1.54, 1.807) is 0 Å². The number of hydrogen-bond acceptors (Lipinski definition) is 2. The number of nitrogens with two attached hydrogens (primary N) is 1. The van der Waals surface area contributed by atoms with E-state index >= 15 is 0 Å². The number of aliphatic hydroxyl groups is 1. The van der Waals surface area contributed by atoms with Crippen LogP contribution >= 0.6 is 0 Å². The van der Waals surface area contributed by atoms with Crippen LogP contribution in [0.15, 0.2) is 18.2 Å². The Labute approximate surface area is 119 Å². The van der Waals surface area contributed by atoms with Crippen LogP contribution in [0.25, 0.3) is 0 Å². The fourth-order valence-electron chi connectivity index (χ4n) is 3.22. The summed E-state index contributed by atoms with van der Waals surface area (Å²) in [5.41, 5.74) is 6.19. The summed E-state index contributed by atoms with van der Waals surface area (Å²) in [4.78, 5) is 0. The maximum atomic E-state index is 13.3. The third kappa shape index (κ3) is 3.55. The van der Waals surface area contributed by atoms with Crippen LogP contribution in [0, 0.1) is 23.5 Å². The summed E-state index contributed by atoms with van der Waals surface area (Å²) in [6.45, 7) is 2.40. The average molecular weight is 283 g/mol. The maximum Gasteiger partial charge on any atom is 0.126 e. The monoisotopic (exact) mass is 283 g/mol. The third-order valence-electron chi connectivity index (χ3n) is 4.52. The number of halogens is 2. The lowest BCUT2D eigenvalue weighted by atomic mass is 9.75. The van der Waals surface area contributed by atoms with Gasteiger partial charge in [-0.1, -0.05) is 19.8 Å². The SMILES string of the molecule is CC1CCC(C(O)C(CN)c2cc(F)cc(F)c2)CC1. The molecule has 1 fully saturated rings. The van der Waals surface area contributed by atoms with Gasteiger partial charge in [-0.05, 0) is 42.4 Å². The molecule has 0 amide bonds. The molecule has 20 heavy (non-hydrogen) atoms. The molecule has 0 heterocycles. The van der Waals surface area contributed by atoms with E-state index in [9.17, 15) is 13.9 Å². The highest BCUT2D eigenvalue weighted by molar-refractivity contribution is 5.23. The van der Waals surface area contributed by atoms with Crippen LogP contribution in [0.4, 0.5) is 8.78 Å². The Morgan fingerprint density at radius 1 is 1.15 bits per heavy atom. The van der Waals surface area contributed by atoms with Gasteiger partial charge in [0.15, 0.2) is 0 Å². The molecular formula is C16H23F2NO. The number of hydrogen-bond donors (Lipinski definition) is 2. The average Bonchev–Trinajstić information content (AvgIpc) is 2.39. The van der Waals surface area contributed by atoms with Gasteiger partial charge >= 0.3 is 0 Å². The summed E-state index contributed by atoms with van der Waals surface area (Å²) in [6.07, 6.45) is 3.47. The van der Waals surface area contributed by atoms with Gasteiger partial charge in [0.2, 0.25) is 0 Å². The fraction of sp³-hybridized carbons (Fsp3) is 0.625. The van der Waals surface area contributed by atoms with E-state index in [0.717, 1.165) is 31.7 Å². The Kier molecular flexibility index (Phi) is 5.11. The van der Waals surface area contributed by atoms with Crippen molar-refractivity contribution in [3.63, 3.8) is 0 Å². The van der Waals surface area contributed by atoms with Gasteiger partial charge in [-0.25, -0.2) is 8.78 Å². The minimum Gasteiger partial charge on any atom is -0.392 e. The Balaban J connectivity index is 2.14. The molecule has 1 aliphatic carbocycles. The van der Waals surface area contributed by atoms with E-state index in [0.29, 0.717) is 11.5 Å². The second-order valence-electron chi connectivity index (χ2n) is 6.06. The highest BCUT2D eigenvalue weighted by Crippen LogP contribution is 2.35. The standard InChI is InChI=1S/C16H23F2NO/c1-10-2-4-11(5-3-10)16(20)15(9-19)12-6-13(17)8-14(18)7-12/h6-8,10-11,15-16,20H,2-5,9,19H2,1H3. The van der Waals surface area contributed by atoms with E-state index in [1.165, 1.54) is 12.1 Å². The summed E-state index contributed by atoms with van der Waals surface area (Å²) >= 11 is 0. The van der Waals surface area contributed by atoms with Crippen molar-refractivity contribution < 1.29 is 13.9 Å². The molecule has 1 aromatic rings. The molecular weight excluding hydrogens is 260 g/mol. The first-order valence-electron chi connectivity index (χ1n) is 7.35. The molecule has 1 saturated carbocycles. The highest BCUT2D eigenvalue weighted by atomic mass is 19.1. The summed E-state index contributed by atoms with van der Waals surface area (Å²) in [5.74, 6) is -0.781. The number of aliphatic hydroxyl groups excluding tert-OH is 1. The van der Waals surface area contributed by atoms with Gasteiger partial charge in [0.1, 0.15) is 11.6 Å². The molecule has 1 aromatic carbocycles. The molecule has 0 spiro atoms. The van der Waals surface area contributed by atoms with E-state index in [-0.39, 0.29) is 12.5 Å². The molecule has 1 aliphatic rings. The molecule has 4 heteroatoms. The van der Waals surface area contributed by atoms with Gasteiger partial charge in [-0.3, -0.25) is 0 Å². The summed E-state index contributed by atoms with van der Waals surface area (Å²) < 4.78 is 26.6. The molecule has 2 unspecified atom stereocenters.